The molecule has 0 radical (unpaired) electrons. The number of carbonyl (C=O) groups is 3. The van der Waals surface area contributed by atoms with Crippen LogP contribution in [0.3, 0.4) is 0 Å². The molecule has 6 heteroatoms. The Morgan fingerprint density at radius 1 is 0.774 bits per heavy atom. The molecule has 2 fully saturated rings. The Hall–Kier alpha value is -3.15. The fraction of sp³-hybridized carbons (Fsp3) is 0.400. The van der Waals surface area contributed by atoms with E-state index in [1.807, 2.05) is 23.1 Å². The molecule has 5 rings (SSSR count). The first-order valence-electron chi connectivity index (χ1n) is 11.2. The molecule has 6 nitrogen and oxygen atoms in total. The Labute approximate surface area is 182 Å². The predicted molar refractivity (Wildman–Crippen MR) is 118 cm³/mol. The van der Waals surface area contributed by atoms with Crippen LogP contribution in [-0.4, -0.2) is 59.7 Å². The molecule has 160 valence electrons. The van der Waals surface area contributed by atoms with Crippen LogP contribution >= 0.6 is 0 Å². The van der Waals surface area contributed by atoms with Crippen LogP contribution in [0.5, 0.6) is 0 Å². The minimum atomic E-state index is -0.240. The van der Waals surface area contributed by atoms with Crippen LogP contribution in [0.1, 0.15) is 63.2 Å². The summed E-state index contributed by atoms with van der Waals surface area (Å²) in [6, 6.07) is 15.2. The van der Waals surface area contributed by atoms with E-state index in [-0.39, 0.29) is 23.8 Å². The topological polar surface area (TPSA) is 60.9 Å². The Bertz CT molecular complexity index is 1010. The first kappa shape index (κ1) is 19.8. The molecule has 2 aliphatic heterocycles. The number of fused-ring (bicyclic) bond motifs is 1. The van der Waals surface area contributed by atoms with Gasteiger partial charge in [0.2, 0.25) is 0 Å². The summed E-state index contributed by atoms with van der Waals surface area (Å²) in [6.45, 7) is 2.80. The van der Waals surface area contributed by atoms with E-state index < -0.39 is 0 Å². The lowest BCUT2D eigenvalue weighted by Gasteiger charge is -2.36. The van der Waals surface area contributed by atoms with Crippen LogP contribution in [0.4, 0.5) is 5.69 Å². The van der Waals surface area contributed by atoms with E-state index >= 15 is 0 Å². The van der Waals surface area contributed by atoms with Gasteiger partial charge in [-0.05, 0) is 43.2 Å². The zero-order valence-electron chi connectivity index (χ0n) is 17.6. The van der Waals surface area contributed by atoms with Gasteiger partial charge in [0.15, 0.2) is 0 Å². The molecule has 1 saturated heterocycles. The fourth-order valence-electron chi connectivity index (χ4n) is 5.05. The van der Waals surface area contributed by atoms with Crippen molar-refractivity contribution in [2.24, 2.45) is 0 Å². The van der Waals surface area contributed by atoms with E-state index in [2.05, 4.69) is 17.0 Å². The SMILES string of the molecule is O=C(c1ccc2c(c1)C(=O)N(C1CCCCC1)C2=O)N1CCN(c2ccccc2)CC1. The number of para-hydroxylation sites is 1. The molecular formula is C25H27N3O3. The van der Waals surface area contributed by atoms with Crippen molar-refractivity contribution in [1.82, 2.24) is 9.80 Å². The molecule has 2 aromatic carbocycles. The molecule has 0 aromatic heterocycles. The smallest absolute Gasteiger partial charge is 0.261 e. The summed E-state index contributed by atoms with van der Waals surface area (Å²) in [5, 5.41) is 0. The second-order valence-corrected chi connectivity index (χ2v) is 8.65. The van der Waals surface area contributed by atoms with Crippen molar-refractivity contribution in [2.75, 3.05) is 31.1 Å². The molecule has 2 aromatic rings. The van der Waals surface area contributed by atoms with Crippen LogP contribution < -0.4 is 4.90 Å². The summed E-state index contributed by atoms with van der Waals surface area (Å²) in [5.41, 5.74) is 2.46. The molecule has 1 aliphatic carbocycles. The highest BCUT2D eigenvalue weighted by atomic mass is 16.2. The summed E-state index contributed by atoms with van der Waals surface area (Å²) in [4.78, 5) is 44.6. The van der Waals surface area contributed by atoms with Gasteiger partial charge in [-0.1, -0.05) is 37.5 Å². The lowest BCUT2D eigenvalue weighted by molar-refractivity contribution is 0.0548. The molecule has 0 N–H and O–H groups in total. The summed E-state index contributed by atoms with van der Waals surface area (Å²) < 4.78 is 0. The number of amides is 3. The van der Waals surface area contributed by atoms with Crippen molar-refractivity contribution in [3.63, 3.8) is 0 Å². The number of imide groups is 1. The van der Waals surface area contributed by atoms with Crippen LogP contribution in [0.2, 0.25) is 0 Å². The maximum atomic E-state index is 13.1. The molecule has 1 saturated carbocycles. The fourth-order valence-corrected chi connectivity index (χ4v) is 5.05. The third-order valence-corrected chi connectivity index (χ3v) is 6.79. The van der Waals surface area contributed by atoms with Crippen molar-refractivity contribution < 1.29 is 14.4 Å². The molecule has 3 aliphatic rings. The Kier molecular flexibility index (Phi) is 5.22. The second-order valence-electron chi connectivity index (χ2n) is 8.65. The average molecular weight is 418 g/mol. The normalized spacial score (nSPS) is 19.7. The number of anilines is 1. The van der Waals surface area contributed by atoms with Crippen LogP contribution in [0, 0.1) is 0 Å². The lowest BCUT2D eigenvalue weighted by Crippen LogP contribution is -2.48. The molecule has 31 heavy (non-hydrogen) atoms. The van der Waals surface area contributed by atoms with Gasteiger partial charge in [0.25, 0.3) is 17.7 Å². The van der Waals surface area contributed by atoms with Gasteiger partial charge < -0.3 is 9.80 Å². The lowest BCUT2D eigenvalue weighted by atomic mass is 9.94. The molecule has 0 atom stereocenters. The number of hydrogen-bond donors (Lipinski definition) is 0. The average Bonchev–Trinajstić information content (AvgIpc) is 3.09. The molecule has 2 heterocycles. The number of rotatable bonds is 3. The van der Waals surface area contributed by atoms with Gasteiger partial charge in [-0.2, -0.15) is 0 Å². The van der Waals surface area contributed by atoms with E-state index in [4.69, 9.17) is 0 Å². The van der Waals surface area contributed by atoms with Gasteiger partial charge in [-0.25, -0.2) is 0 Å². The van der Waals surface area contributed by atoms with Crippen LogP contribution in [-0.2, 0) is 0 Å². The molecule has 0 unspecified atom stereocenters. The third kappa shape index (κ3) is 3.60. The standard InChI is InChI=1S/C25H27N3O3/c29-23(27-15-13-26(14-16-27)19-7-3-1-4-8-19)18-11-12-21-22(17-18)25(31)28(24(21)30)20-9-5-2-6-10-20/h1,3-4,7-8,11-12,17,20H,2,5-6,9-10,13-16H2. The largest absolute Gasteiger partial charge is 0.368 e. The van der Waals surface area contributed by atoms with Gasteiger partial charge in [-0.3, -0.25) is 19.3 Å². The highest BCUT2D eigenvalue weighted by Crippen LogP contribution is 2.31. The Balaban J connectivity index is 1.30. The van der Waals surface area contributed by atoms with Crippen molar-refractivity contribution >= 4 is 23.4 Å². The first-order chi connectivity index (χ1) is 15.1. The first-order valence-corrected chi connectivity index (χ1v) is 11.2. The zero-order chi connectivity index (χ0) is 21.4. The number of hydrogen-bond acceptors (Lipinski definition) is 4. The quantitative estimate of drug-likeness (QED) is 0.717. The molecule has 3 amide bonds. The van der Waals surface area contributed by atoms with Gasteiger partial charge in [0, 0.05) is 43.5 Å². The second kappa shape index (κ2) is 8.17. The number of benzene rings is 2. The predicted octanol–water partition coefficient (Wildman–Crippen LogP) is 3.58. The van der Waals surface area contributed by atoms with Crippen molar-refractivity contribution in [2.45, 2.75) is 38.1 Å². The van der Waals surface area contributed by atoms with Gasteiger partial charge >= 0.3 is 0 Å². The van der Waals surface area contributed by atoms with Crippen molar-refractivity contribution in [3.05, 3.63) is 65.2 Å². The van der Waals surface area contributed by atoms with Gasteiger partial charge in [-0.15, -0.1) is 0 Å². The van der Waals surface area contributed by atoms with Crippen molar-refractivity contribution in [3.8, 4) is 0 Å². The molecule has 0 spiro atoms. The van der Waals surface area contributed by atoms with Crippen LogP contribution in [0.15, 0.2) is 48.5 Å². The van der Waals surface area contributed by atoms with Gasteiger partial charge in [0.05, 0.1) is 11.1 Å². The highest BCUT2D eigenvalue weighted by Gasteiger charge is 2.40. The van der Waals surface area contributed by atoms with E-state index in [9.17, 15) is 14.4 Å². The van der Waals surface area contributed by atoms with Crippen molar-refractivity contribution in [1.29, 1.82) is 0 Å². The van der Waals surface area contributed by atoms with E-state index in [0.717, 1.165) is 45.2 Å². The summed E-state index contributed by atoms with van der Waals surface area (Å²) in [7, 11) is 0. The Morgan fingerprint density at radius 2 is 1.45 bits per heavy atom. The third-order valence-electron chi connectivity index (χ3n) is 6.79. The number of piperazine rings is 1. The minimum absolute atomic E-state index is 0.00799. The van der Waals surface area contributed by atoms with E-state index in [0.29, 0.717) is 29.8 Å². The summed E-state index contributed by atoms with van der Waals surface area (Å²) >= 11 is 0. The summed E-state index contributed by atoms with van der Waals surface area (Å²) in [5.74, 6) is -0.523. The highest BCUT2D eigenvalue weighted by molar-refractivity contribution is 6.22. The maximum absolute atomic E-state index is 13.1. The number of nitrogens with zero attached hydrogens (tertiary/aromatic N) is 3. The zero-order valence-corrected chi connectivity index (χ0v) is 17.6. The van der Waals surface area contributed by atoms with E-state index in [1.54, 1.807) is 18.2 Å². The molecular weight excluding hydrogens is 390 g/mol. The molecule has 0 bridgehead atoms. The monoisotopic (exact) mass is 417 g/mol. The Morgan fingerprint density at radius 3 is 2.16 bits per heavy atom. The van der Waals surface area contributed by atoms with Gasteiger partial charge in [0.1, 0.15) is 0 Å². The maximum Gasteiger partial charge on any atom is 0.261 e. The van der Waals surface area contributed by atoms with Crippen LogP contribution in [0.25, 0.3) is 0 Å². The summed E-state index contributed by atoms with van der Waals surface area (Å²) in [6.07, 6.45) is 5.02. The number of carbonyl (C=O) groups excluding carboxylic acids is 3. The van der Waals surface area contributed by atoms with E-state index in [1.165, 1.54) is 10.6 Å². The minimum Gasteiger partial charge on any atom is -0.368 e.